The van der Waals surface area contributed by atoms with Gasteiger partial charge in [-0.2, -0.15) is 0 Å². The number of pyridine rings is 1. The summed E-state index contributed by atoms with van der Waals surface area (Å²) in [5, 5.41) is 6.20. The van der Waals surface area contributed by atoms with E-state index in [9.17, 15) is 4.79 Å². The van der Waals surface area contributed by atoms with Crippen molar-refractivity contribution in [2.24, 2.45) is 5.92 Å². The molecule has 1 aromatic heterocycles. The van der Waals surface area contributed by atoms with Crippen molar-refractivity contribution in [2.45, 2.75) is 19.3 Å². The summed E-state index contributed by atoms with van der Waals surface area (Å²) in [4.78, 5) is 19.2. The van der Waals surface area contributed by atoms with E-state index < -0.39 is 0 Å². The van der Waals surface area contributed by atoms with Crippen molar-refractivity contribution >= 4 is 17.5 Å². The Morgan fingerprint density at radius 2 is 2.03 bits per heavy atom. The van der Waals surface area contributed by atoms with Gasteiger partial charge in [0.05, 0.1) is 13.2 Å². The van der Waals surface area contributed by atoms with Crippen LogP contribution in [0.3, 0.4) is 0 Å². The minimum Gasteiger partial charge on any atom is -0.492 e. The van der Waals surface area contributed by atoms with Crippen molar-refractivity contribution in [3.05, 3.63) is 48.2 Å². The molecule has 1 aromatic carbocycles. The van der Waals surface area contributed by atoms with E-state index in [0.29, 0.717) is 12.4 Å². The third-order valence-electron chi connectivity index (χ3n) is 5.93. The number of benzene rings is 1. The quantitative estimate of drug-likeness (QED) is 0.716. The molecular weight excluding hydrogens is 392 g/mol. The van der Waals surface area contributed by atoms with Gasteiger partial charge in [-0.3, -0.25) is 9.69 Å². The van der Waals surface area contributed by atoms with Crippen molar-refractivity contribution in [2.75, 3.05) is 50.1 Å². The molecule has 3 heterocycles. The summed E-state index contributed by atoms with van der Waals surface area (Å²) in [6.07, 6.45) is 6.73. The lowest BCUT2D eigenvalue weighted by atomic mass is 9.97. The second-order valence-electron chi connectivity index (χ2n) is 8.22. The molecule has 31 heavy (non-hydrogen) atoms. The first-order valence-electron chi connectivity index (χ1n) is 11.1. The van der Waals surface area contributed by atoms with E-state index in [4.69, 9.17) is 9.47 Å². The number of carbonyl (C=O) groups excluding carboxylic acids is 1. The van der Waals surface area contributed by atoms with Crippen LogP contribution in [0.4, 0.5) is 11.6 Å². The Balaban J connectivity index is 1.29. The van der Waals surface area contributed by atoms with Gasteiger partial charge in [-0.15, -0.1) is 0 Å². The molecule has 2 N–H and O–H groups in total. The lowest BCUT2D eigenvalue weighted by Gasteiger charge is -2.26. The van der Waals surface area contributed by atoms with Gasteiger partial charge in [0.2, 0.25) is 5.91 Å². The third-order valence-corrected chi connectivity index (χ3v) is 5.93. The van der Waals surface area contributed by atoms with Crippen molar-refractivity contribution in [1.82, 2.24) is 9.88 Å². The maximum Gasteiger partial charge on any atom is 0.228 e. The summed E-state index contributed by atoms with van der Waals surface area (Å²) >= 11 is 0. The van der Waals surface area contributed by atoms with Gasteiger partial charge in [0.15, 0.2) is 0 Å². The number of morpholine rings is 1. The van der Waals surface area contributed by atoms with Gasteiger partial charge >= 0.3 is 0 Å². The molecule has 1 aliphatic carbocycles. The molecule has 2 fully saturated rings. The fraction of sp³-hybridized carbons (Fsp3) is 0.417. The number of nitrogens with one attached hydrogen (secondary N) is 2. The topological polar surface area (TPSA) is 75.7 Å². The number of nitrogens with zero attached hydrogens (tertiary/aromatic N) is 2. The number of carbonyl (C=O) groups is 1. The van der Waals surface area contributed by atoms with E-state index in [1.165, 1.54) is 0 Å². The molecule has 0 atom stereocenters. The van der Waals surface area contributed by atoms with Gasteiger partial charge in [0.25, 0.3) is 0 Å². The largest absolute Gasteiger partial charge is 0.492 e. The van der Waals surface area contributed by atoms with Crippen LogP contribution in [0.25, 0.3) is 11.1 Å². The van der Waals surface area contributed by atoms with Crippen LogP contribution in [0.15, 0.2) is 42.6 Å². The average Bonchev–Trinajstić information content (AvgIpc) is 3.66. The van der Waals surface area contributed by atoms with E-state index in [0.717, 1.165) is 80.4 Å². The predicted octanol–water partition coefficient (Wildman–Crippen LogP) is 3.29. The van der Waals surface area contributed by atoms with Crippen LogP contribution in [-0.4, -0.2) is 55.2 Å². The minimum absolute atomic E-state index is 0.0637. The molecule has 0 spiro atoms. The predicted molar refractivity (Wildman–Crippen MR) is 120 cm³/mol. The summed E-state index contributed by atoms with van der Waals surface area (Å²) in [5.74, 6) is 2.47. The van der Waals surface area contributed by atoms with Crippen molar-refractivity contribution < 1.29 is 14.3 Å². The zero-order chi connectivity index (χ0) is 21.0. The molecule has 162 valence electrons. The summed E-state index contributed by atoms with van der Waals surface area (Å²) in [5.41, 5.74) is 3.29. The SMILES string of the molecule is O=C(Nc1cc(-c2ccc(OCCN3CCOCC3)cc2)c2c(n1)NC=CC2)C1CC1. The monoisotopic (exact) mass is 420 g/mol. The molecular formula is C24H28N4O3. The Hall–Kier alpha value is -2.90. The van der Waals surface area contributed by atoms with E-state index >= 15 is 0 Å². The van der Waals surface area contributed by atoms with E-state index in [1.54, 1.807) is 0 Å². The lowest BCUT2D eigenvalue weighted by molar-refractivity contribution is -0.117. The van der Waals surface area contributed by atoms with Crippen LogP contribution in [-0.2, 0) is 16.0 Å². The first-order chi connectivity index (χ1) is 15.3. The van der Waals surface area contributed by atoms with Gasteiger partial charge in [-0.1, -0.05) is 18.2 Å². The van der Waals surface area contributed by atoms with Crippen molar-refractivity contribution in [3.63, 3.8) is 0 Å². The Morgan fingerprint density at radius 3 is 2.81 bits per heavy atom. The molecule has 1 saturated carbocycles. The zero-order valence-electron chi connectivity index (χ0n) is 17.6. The molecule has 7 heteroatoms. The molecule has 2 aliphatic heterocycles. The Bertz CT molecular complexity index is 964. The molecule has 5 rings (SSSR count). The maximum atomic E-state index is 12.2. The van der Waals surface area contributed by atoms with Crippen LogP contribution in [0.1, 0.15) is 18.4 Å². The average molecular weight is 421 g/mol. The number of hydrogen-bond donors (Lipinski definition) is 2. The van der Waals surface area contributed by atoms with E-state index in [2.05, 4.69) is 38.7 Å². The number of rotatable bonds is 7. The molecule has 0 bridgehead atoms. The second-order valence-corrected chi connectivity index (χ2v) is 8.22. The van der Waals surface area contributed by atoms with E-state index in [1.807, 2.05) is 24.4 Å². The van der Waals surface area contributed by atoms with Crippen LogP contribution >= 0.6 is 0 Å². The Morgan fingerprint density at radius 1 is 1.23 bits per heavy atom. The number of amides is 1. The highest BCUT2D eigenvalue weighted by Gasteiger charge is 2.30. The lowest BCUT2D eigenvalue weighted by Crippen LogP contribution is -2.38. The Kier molecular flexibility index (Phi) is 5.86. The van der Waals surface area contributed by atoms with Crippen molar-refractivity contribution in [1.29, 1.82) is 0 Å². The summed E-state index contributed by atoms with van der Waals surface area (Å²) < 4.78 is 11.3. The van der Waals surface area contributed by atoms with Gasteiger partial charge in [-0.25, -0.2) is 4.98 Å². The first kappa shape index (κ1) is 20.0. The van der Waals surface area contributed by atoms with Gasteiger partial charge in [0, 0.05) is 31.1 Å². The highest BCUT2D eigenvalue weighted by molar-refractivity contribution is 5.94. The number of aromatic nitrogens is 1. The van der Waals surface area contributed by atoms with Crippen LogP contribution in [0.5, 0.6) is 5.75 Å². The standard InChI is InChI=1S/C24H28N4O3/c29-24(18-3-4-18)27-22-16-21(20-2-1-9-25-23(20)26-22)17-5-7-19(8-6-17)31-15-12-28-10-13-30-14-11-28/h1,5-9,16,18H,2-4,10-15H2,(H2,25,26,27,29). The number of fused-ring (bicyclic) bond motifs is 1. The normalized spacial score (nSPS) is 18.2. The zero-order valence-corrected chi connectivity index (χ0v) is 17.6. The summed E-state index contributed by atoms with van der Waals surface area (Å²) in [6, 6.07) is 10.1. The second kappa shape index (κ2) is 9.08. The minimum atomic E-state index is 0.0637. The fourth-order valence-electron chi connectivity index (χ4n) is 3.96. The molecule has 1 amide bonds. The molecule has 7 nitrogen and oxygen atoms in total. The highest BCUT2D eigenvalue weighted by atomic mass is 16.5. The maximum absolute atomic E-state index is 12.2. The number of allylic oxidation sites excluding steroid dienone is 1. The number of ether oxygens (including phenoxy) is 2. The van der Waals surface area contributed by atoms with Crippen molar-refractivity contribution in [3.8, 4) is 16.9 Å². The summed E-state index contributed by atoms with van der Waals surface area (Å²) in [7, 11) is 0. The van der Waals surface area contributed by atoms with Gasteiger partial charge in [-0.05, 0) is 54.8 Å². The Labute approximate surface area is 182 Å². The number of anilines is 2. The smallest absolute Gasteiger partial charge is 0.228 e. The summed E-state index contributed by atoms with van der Waals surface area (Å²) in [6.45, 7) is 5.12. The van der Waals surface area contributed by atoms with E-state index in [-0.39, 0.29) is 11.8 Å². The van der Waals surface area contributed by atoms with Crippen LogP contribution in [0, 0.1) is 5.92 Å². The molecule has 2 aromatic rings. The van der Waals surface area contributed by atoms with Gasteiger partial charge < -0.3 is 20.1 Å². The molecule has 0 unspecified atom stereocenters. The third kappa shape index (κ3) is 4.89. The fourth-order valence-corrected chi connectivity index (χ4v) is 3.96. The molecule has 3 aliphatic rings. The first-order valence-corrected chi connectivity index (χ1v) is 11.1. The van der Waals surface area contributed by atoms with Gasteiger partial charge in [0.1, 0.15) is 24.0 Å². The highest BCUT2D eigenvalue weighted by Crippen LogP contribution is 2.35. The van der Waals surface area contributed by atoms with Crippen LogP contribution in [0.2, 0.25) is 0 Å². The number of hydrogen-bond acceptors (Lipinski definition) is 6. The van der Waals surface area contributed by atoms with Crippen LogP contribution < -0.4 is 15.4 Å². The molecule has 1 saturated heterocycles. The molecule has 0 radical (unpaired) electrons.